The number of carbonyl (C=O) groups is 2. The van der Waals surface area contributed by atoms with Crippen LogP contribution in [0.2, 0.25) is 0 Å². The first-order chi connectivity index (χ1) is 66.0. The number of nitrogens with one attached hydrogen (secondary N) is 2. The summed E-state index contributed by atoms with van der Waals surface area (Å²) in [7, 11) is 14.5. The minimum absolute atomic E-state index is 0. The lowest BCUT2D eigenvalue weighted by molar-refractivity contribution is -0.0472. The second-order valence-corrected chi connectivity index (χ2v) is 39.4. The minimum Gasteiger partial charge on any atom is -0.507 e. The van der Waals surface area contributed by atoms with Gasteiger partial charge in [-0.15, -0.1) is 65.6 Å². The Balaban J connectivity index is 0.000000141. The van der Waals surface area contributed by atoms with E-state index >= 15 is 17.6 Å². The van der Waals surface area contributed by atoms with Crippen LogP contribution in [-0.4, -0.2) is 279 Å². The number of hydrogen-bond donors (Lipinski definition) is 6. The van der Waals surface area contributed by atoms with E-state index in [-0.39, 0.29) is 96.0 Å². The number of aromatic hydroxyl groups is 4. The molecule has 8 saturated heterocycles. The zero-order chi connectivity index (χ0) is 97.4. The molecule has 0 unspecified atom stereocenters. The maximum atomic E-state index is 15.9. The molecule has 20 rings (SSSR count). The quantitative estimate of drug-likeness (QED) is 0.0489. The van der Waals surface area contributed by atoms with Gasteiger partial charge < -0.3 is 60.1 Å². The molecule has 16 atom stereocenters. The fourth-order valence-corrected chi connectivity index (χ4v) is 20.5. The number of carbonyl (C=O) groups excluding carboxylic acids is 2. The monoisotopic (exact) mass is 1960 g/mol. The van der Waals surface area contributed by atoms with Gasteiger partial charge in [-0.25, -0.2) is 47.1 Å². The molecular formula is C98H122Cl2F4N28O8. The molecule has 0 aliphatic carbocycles. The fraction of sp³-hybridized carbons (Fsp3) is 0.490. The molecule has 8 aromatic heterocycles. The van der Waals surface area contributed by atoms with Gasteiger partial charge in [0.05, 0.1) is 85.8 Å². The van der Waals surface area contributed by atoms with Crippen molar-refractivity contribution in [3.8, 4) is 113 Å². The van der Waals surface area contributed by atoms with Gasteiger partial charge in [-0.05, 0) is 202 Å². The molecule has 6 N–H and O–H groups in total. The van der Waals surface area contributed by atoms with Crippen LogP contribution in [0.3, 0.4) is 0 Å². The van der Waals surface area contributed by atoms with Gasteiger partial charge in [0.15, 0.2) is 0 Å². The van der Waals surface area contributed by atoms with E-state index in [1.807, 2.05) is 133 Å². The van der Waals surface area contributed by atoms with Crippen LogP contribution in [0.25, 0.3) is 89.5 Å². The number of halogens is 6. The lowest BCUT2D eigenvalue weighted by Gasteiger charge is -2.51. The largest absolute Gasteiger partial charge is 0.507 e. The number of alkyl halides is 4. The molecule has 0 spiro atoms. The van der Waals surface area contributed by atoms with Crippen molar-refractivity contribution < 1.29 is 57.1 Å². The molecule has 8 bridgehead atoms. The molecule has 140 heavy (non-hydrogen) atoms. The Morgan fingerprint density at radius 1 is 0.357 bits per heavy atom. The highest BCUT2D eigenvalue weighted by Gasteiger charge is 2.53. The van der Waals surface area contributed by atoms with E-state index in [1.54, 1.807) is 148 Å². The fourth-order valence-electron chi connectivity index (χ4n) is 20.5. The Kier molecular flexibility index (Phi) is 30.8. The topological polar surface area (TPSA) is 403 Å². The van der Waals surface area contributed by atoms with Crippen molar-refractivity contribution in [3.63, 3.8) is 0 Å². The summed E-state index contributed by atoms with van der Waals surface area (Å²) in [5, 5.41) is 99.8. The third-order valence-corrected chi connectivity index (χ3v) is 27.6. The maximum absolute atomic E-state index is 15.9. The number of amides is 2. The van der Waals surface area contributed by atoms with Gasteiger partial charge in [0.1, 0.15) is 81.7 Å². The van der Waals surface area contributed by atoms with Crippen molar-refractivity contribution in [2.75, 3.05) is 47.8 Å². The normalized spacial score (nSPS) is 23.9. The Hall–Kier alpha value is -13.1. The molecule has 8 aliphatic rings. The van der Waals surface area contributed by atoms with Gasteiger partial charge >= 0.3 is 12.2 Å². The van der Waals surface area contributed by atoms with Crippen molar-refractivity contribution in [3.05, 3.63) is 147 Å². The number of aryl methyl sites for hydroxylation is 4. The summed E-state index contributed by atoms with van der Waals surface area (Å²) in [5.41, 5.74) is 9.52. The number of rotatable bonds is 16. The second kappa shape index (κ2) is 42.5. The molecule has 0 radical (unpaired) electrons. The van der Waals surface area contributed by atoms with Gasteiger partial charge in [-0.2, -0.15) is 20.4 Å². The zero-order valence-electron chi connectivity index (χ0n) is 80.8. The predicted molar refractivity (Wildman–Crippen MR) is 526 cm³/mol. The molecule has 42 heteroatoms. The van der Waals surface area contributed by atoms with Gasteiger partial charge in [0, 0.05) is 162 Å². The van der Waals surface area contributed by atoms with Crippen LogP contribution in [0.4, 0.5) is 50.9 Å². The SMILES string of the molecule is CN(c1ncc(-c2ccc(-c3cnn(C)c3)cc2O)nn1)[C@@H]1C[C@@H]2CCC[C@H]([C@@H]1F)N2C(=O)OC(C)(C)C.CN(c1ncc(-c2ccc(-c3cnn(C)c3)cc2O)nn1)[C@@H]1C[C@H]2CCC[C@H](N2)[C@@H]1F.CN(c1ncc(-c2ccc(-c3cnn(C)c3)cc2O)nn1)[C@H]1C[C@@H]2CCC[C@@H](N2)[C@H]1F.CN(c1ncc(-c2ccc(-c3cnn(C)c3)cc2O)nn1)[C@H]1C[C@H]2CCC[C@@H]([C@H]1F)N2C(=O)OC(C)(C)C.Cl.Cl. The van der Waals surface area contributed by atoms with Gasteiger partial charge in [0.2, 0.25) is 23.8 Å². The number of nitrogens with zero attached hydrogens (tertiary/aromatic N) is 26. The number of ether oxygens (including phenoxy) is 2. The summed E-state index contributed by atoms with van der Waals surface area (Å²) < 4.78 is 79.8. The molecule has 2 amide bonds. The van der Waals surface area contributed by atoms with E-state index in [9.17, 15) is 30.0 Å². The second-order valence-electron chi connectivity index (χ2n) is 39.4. The maximum Gasteiger partial charge on any atom is 0.410 e. The van der Waals surface area contributed by atoms with Crippen molar-refractivity contribution in [2.45, 2.75) is 253 Å². The number of phenols is 4. The molecule has 12 aromatic rings. The third kappa shape index (κ3) is 22.4. The summed E-state index contributed by atoms with van der Waals surface area (Å²) in [6.45, 7) is 10.9. The highest BCUT2D eigenvalue weighted by molar-refractivity contribution is 5.86. The first kappa shape index (κ1) is 101. The van der Waals surface area contributed by atoms with Crippen LogP contribution < -0.4 is 30.2 Å². The molecular weight excluding hydrogens is 1840 g/mol. The zero-order valence-corrected chi connectivity index (χ0v) is 82.4. The molecule has 8 fully saturated rings. The Bertz CT molecular complexity index is 5880. The van der Waals surface area contributed by atoms with Crippen LogP contribution in [0.15, 0.2) is 147 Å². The van der Waals surface area contributed by atoms with Gasteiger partial charge in [-0.1, -0.05) is 37.1 Å². The smallest absolute Gasteiger partial charge is 0.410 e. The lowest BCUT2D eigenvalue weighted by Crippen LogP contribution is -2.65. The first-order valence-electron chi connectivity index (χ1n) is 47.1. The van der Waals surface area contributed by atoms with Crippen molar-refractivity contribution >= 4 is 60.8 Å². The van der Waals surface area contributed by atoms with Crippen LogP contribution in [0.1, 0.15) is 144 Å². The van der Waals surface area contributed by atoms with E-state index in [2.05, 4.69) is 91.8 Å². The molecule has 744 valence electrons. The molecule has 8 aliphatic heterocycles. The first-order valence-corrected chi connectivity index (χ1v) is 47.1. The highest BCUT2D eigenvalue weighted by atomic mass is 35.5. The number of anilines is 4. The van der Waals surface area contributed by atoms with E-state index in [0.29, 0.717) is 94.7 Å². The highest BCUT2D eigenvalue weighted by Crippen LogP contribution is 2.45. The van der Waals surface area contributed by atoms with Crippen molar-refractivity contribution in [2.24, 2.45) is 28.2 Å². The van der Waals surface area contributed by atoms with Crippen molar-refractivity contribution in [1.82, 2.24) is 120 Å². The van der Waals surface area contributed by atoms with Gasteiger partial charge in [0.25, 0.3) is 0 Å². The average Bonchev–Trinajstić information content (AvgIpc) is 1.54. The number of piperidine rings is 8. The molecule has 16 heterocycles. The number of benzene rings is 4. The summed E-state index contributed by atoms with van der Waals surface area (Å²) in [4.78, 5) is 53.8. The Morgan fingerprint density at radius 2 is 0.621 bits per heavy atom. The van der Waals surface area contributed by atoms with E-state index in [0.717, 1.165) is 122 Å². The van der Waals surface area contributed by atoms with Gasteiger partial charge in [-0.3, -0.25) is 28.5 Å². The summed E-state index contributed by atoms with van der Waals surface area (Å²) in [6.07, 6.45) is 28.2. The van der Waals surface area contributed by atoms with E-state index < -0.39 is 72.2 Å². The minimum atomic E-state index is -1.28. The van der Waals surface area contributed by atoms with Crippen LogP contribution in [-0.2, 0) is 37.7 Å². The number of hydrogen-bond acceptors (Lipinski definition) is 30. The van der Waals surface area contributed by atoms with Crippen LogP contribution >= 0.6 is 24.8 Å². The molecule has 4 aromatic carbocycles. The Labute approximate surface area is 822 Å². The van der Waals surface area contributed by atoms with E-state index in [4.69, 9.17) is 9.47 Å². The predicted octanol–water partition coefficient (Wildman–Crippen LogP) is 14.9. The lowest BCUT2D eigenvalue weighted by atomic mass is 9.80. The molecule has 36 nitrogen and oxygen atoms in total. The van der Waals surface area contributed by atoms with E-state index in [1.165, 1.54) is 12.4 Å². The standard InChI is InChI=1S/2C27H34FN7O3.2C22H26FN7O.2ClH/c2*1-27(2,3)38-26(37)35-18-7-6-8-21(35)24(28)22(12-18)34(5)25-29-14-20(31-32-25)19-10-9-16(11-23(19)36)17-13-30-33(4)15-17;2*1-29-12-14(10-25-29)13-6-7-16(20(31)8-13)18-11-24-22(28-27-18)30(2)19-9-15-4-3-5-17(26-15)21(19)23;;/h2*9-11,13-15,18,21-22,24,36H,6-8,12H2,1-5H3;2*6-8,10-12,15,17,19,21,26,31H,3-5,9H2,1-2H3;2*1H/t2*18-,21+,22+,24-;2*15-,17+,19-,21+;;/m1010../s1. The van der Waals surface area contributed by atoms with Crippen LogP contribution in [0.5, 0.6) is 23.0 Å². The molecule has 0 saturated carbocycles. The number of fused-ring (bicyclic) bond motifs is 8. The van der Waals surface area contributed by atoms with Crippen LogP contribution in [0, 0.1) is 0 Å². The third-order valence-electron chi connectivity index (χ3n) is 27.6. The Morgan fingerprint density at radius 3 is 0.857 bits per heavy atom. The average molecular weight is 1970 g/mol. The van der Waals surface area contributed by atoms with Crippen molar-refractivity contribution in [1.29, 1.82) is 0 Å². The summed E-state index contributed by atoms with van der Waals surface area (Å²) >= 11 is 0. The number of aromatic nitrogens is 20. The summed E-state index contributed by atoms with van der Waals surface area (Å²) in [6, 6.07) is 19.0. The summed E-state index contributed by atoms with van der Waals surface area (Å²) in [5.74, 6) is 1.64. The number of phenolic OH excluding ortho intramolecular Hbond substituents is 4.